The van der Waals surface area contributed by atoms with E-state index in [-0.39, 0.29) is 0 Å². The summed E-state index contributed by atoms with van der Waals surface area (Å²) >= 11 is 6.15. The average Bonchev–Trinajstić information content (AvgIpc) is 2.83. The van der Waals surface area contributed by atoms with E-state index in [0.717, 1.165) is 42.3 Å². The third-order valence-electron chi connectivity index (χ3n) is 3.22. The highest BCUT2D eigenvalue weighted by Crippen LogP contribution is 2.17. The first-order valence-corrected chi connectivity index (χ1v) is 7.58. The van der Waals surface area contributed by atoms with Gasteiger partial charge in [-0.15, -0.1) is 0 Å². The Balaban J connectivity index is 1.94. The van der Waals surface area contributed by atoms with Crippen LogP contribution in [0.2, 0.25) is 5.15 Å². The van der Waals surface area contributed by atoms with Crippen molar-refractivity contribution >= 4 is 23.1 Å². The maximum atomic E-state index is 6.15. The standard InChI is InChI=1S/C15H22ClN5/c1-4-5-6-13-19-12(15(16)20-13)10-17-11-7-8-14(18-9-11)21(2)3/h7-9,17H,4-6,10H2,1-3H3,(H,19,20). The summed E-state index contributed by atoms with van der Waals surface area (Å²) in [5.41, 5.74) is 1.88. The summed E-state index contributed by atoms with van der Waals surface area (Å²) in [5, 5.41) is 3.85. The van der Waals surface area contributed by atoms with Crippen molar-refractivity contribution in [3.8, 4) is 0 Å². The molecular weight excluding hydrogens is 286 g/mol. The number of halogens is 1. The molecule has 0 spiro atoms. The number of anilines is 2. The van der Waals surface area contributed by atoms with E-state index in [1.807, 2.05) is 37.3 Å². The molecule has 2 N–H and O–H groups in total. The summed E-state index contributed by atoms with van der Waals surface area (Å²) in [4.78, 5) is 14.0. The Morgan fingerprint density at radius 3 is 2.76 bits per heavy atom. The highest BCUT2D eigenvalue weighted by molar-refractivity contribution is 6.30. The van der Waals surface area contributed by atoms with Crippen molar-refractivity contribution in [2.45, 2.75) is 32.7 Å². The van der Waals surface area contributed by atoms with E-state index >= 15 is 0 Å². The summed E-state index contributed by atoms with van der Waals surface area (Å²) in [6.45, 7) is 2.78. The molecule has 0 aliphatic heterocycles. The van der Waals surface area contributed by atoms with Gasteiger partial charge in [-0.05, 0) is 18.6 Å². The van der Waals surface area contributed by atoms with Crippen LogP contribution in [0.5, 0.6) is 0 Å². The van der Waals surface area contributed by atoms with Crippen LogP contribution in [-0.4, -0.2) is 29.0 Å². The fourth-order valence-electron chi connectivity index (χ4n) is 1.97. The minimum Gasteiger partial charge on any atom is -0.378 e. The van der Waals surface area contributed by atoms with E-state index in [9.17, 15) is 0 Å². The Morgan fingerprint density at radius 1 is 1.33 bits per heavy atom. The molecule has 5 nitrogen and oxygen atoms in total. The fourth-order valence-corrected chi connectivity index (χ4v) is 2.18. The molecule has 0 saturated carbocycles. The second-order valence-electron chi connectivity index (χ2n) is 5.21. The lowest BCUT2D eigenvalue weighted by Gasteiger charge is -2.11. The van der Waals surface area contributed by atoms with Crippen LogP contribution in [0.3, 0.4) is 0 Å². The number of aryl methyl sites for hydroxylation is 1. The number of rotatable bonds is 7. The Labute approximate surface area is 130 Å². The first-order chi connectivity index (χ1) is 10.1. The molecule has 0 radical (unpaired) electrons. The third-order valence-corrected chi connectivity index (χ3v) is 3.53. The van der Waals surface area contributed by atoms with Gasteiger partial charge in [0.25, 0.3) is 0 Å². The smallest absolute Gasteiger partial charge is 0.152 e. The summed E-state index contributed by atoms with van der Waals surface area (Å²) < 4.78 is 0. The van der Waals surface area contributed by atoms with Crippen molar-refractivity contribution in [1.29, 1.82) is 0 Å². The van der Waals surface area contributed by atoms with Gasteiger partial charge in [0.1, 0.15) is 11.6 Å². The Kier molecular flexibility index (Phi) is 5.44. The Bertz CT molecular complexity index is 562. The van der Waals surface area contributed by atoms with Crippen molar-refractivity contribution in [2.75, 3.05) is 24.3 Å². The predicted octanol–water partition coefficient (Wildman–Crippen LogP) is 3.48. The molecule has 0 aliphatic rings. The molecule has 6 heteroatoms. The van der Waals surface area contributed by atoms with Gasteiger partial charge < -0.3 is 15.2 Å². The quantitative estimate of drug-likeness (QED) is 0.822. The maximum absolute atomic E-state index is 6.15. The summed E-state index contributed by atoms with van der Waals surface area (Å²) in [6.07, 6.45) is 5.02. The number of imidazole rings is 1. The molecule has 0 atom stereocenters. The van der Waals surface area contributed by atoms with E-state index in [0.29, 0.717) is 11.7 Å². The van der Waals surface area contributed by atoms with Gasteiger partial charge >= 0.3 is 0 Å². The van der Waals surface area contributed by atoms with Gasteiger partial charge in [-0.2, -0.15) is 0 Å². The Morgan fingerprint density at radius 2 is 2.14 bits per heavy atom. The van der Waals surface area contributed by atoms with Gasteiger partial charge in [-0.25, -0.2) is 9.97 Å². The number of hydrogen-bond acceptors (Lipinski definition) is 4. The average molecular weight is 308 g/mol. The number of aromatic amines is 1. The second-order valence-corrected chi connectivity index (χ2v) is 5.57. The number of nitrogens with zero attached hydrogens (tertiary/aromatic N) is 3. The largest absolute Gasteiger partial charge is 0.378 e. The monoisotopic (exact) mass is 307 g/mol. The van der Waals surface area contributed by atoms with Crippen LogP contribution in [-0.2, 0) is 13.0 Å². The molecule has 2 rings (SSSR count). The third kappa shape index (κ3) is 4.36. The van der Waals surface area contributed by atoms with Crippen molar-refractivity contribution in [3.63, 3.8) is 0 Å². The number of hydrogen-bond donors (Lipinski definition) is 2. The molecule has 0 bridgehead atoms. The summed E-state index contributed by atoms with van der Waals surface area (Å²) in [5.74, 6) is 1.89. The highest BCUT2D eigenvalue weighted by atomic mass is 35.5. The second kappa shape index (κ2) is 7.31. The van der Waals surface area contributed by atoms with Crippen LogP contribution >= 0.6 is 11.6 Å². The molecule has 2 heterocycles. The van der Waals surface area contributed by atoms with Crippen LogP contribution in [0.1, 0.15) is 31.3 Å². The van der Waals surface area contributed by atoms with E-state index in [1.54, 1.807) is 0 Å². The van der Waals surface area contributed by atoms with Crippen LogP contribution in [0, 0.1) is 0 Å². The number of H-pyrrole nitrogens is 1. The Hall–Kier alpha value is -1.75. The first-order valence-electron chi connectivity index (χ1n) is 7.20. The molecule has 114 valence electrons. The molecule has 0 fully saturated rings. The van der Waals surface area contributed by atoms with Gasteiger partial charge in [0.15, 0.2) is 5.15 Å². The zero-order valence-corrected chi connectivity index (χ0v) is 13.5. The highest BCUT2D eigenvalue weighted by Gasteiger charge is 2.08. The fraction of sp³-hybridized carbons (Fsp3) is 0.467. The molecule has 21 heavy (non-hydrogen) atoms. The molecule has 2 aromatic heterocycles. The lowest BCUT2D eigenvalue weighted by molar-refractivity contribution is 0.760. The minimum atomic E-state index is 0.548. The SMILES string of the molecule is CCCCc1nc(Cl)c(CNc2ccc(N(C)C)nc2)[nH]1. The van der Waals surface area contributed by atoms with Crippen LogP contribution in [0.4, 0.5) is 11.5 Å². The van der Waals surface area contributed by atoms with E-state index < -0.39 is 0 Å². The number of nitrogens with one attached hydrogen (secondary N) is 2. The van der Waals surface area contributed by atoms with Crippen LogP contribution in [0.25, 0.3) is 0 Å². The van der Waals surface area contributed by atoms with Gasteiger partial charge in [0, 0.05) is 20.5 Å². The zero-order valence-electron chi connectivity index (χ0n) is 12.8. The van der Waals surface area contributed by atoms with E-state index in [1.165, 1.54) is 0 Å². The number of aromatic nitrogens is 3. The first kappa shape index (κ1) is 15.6. The lowest BCUT2D eigenvalue weighted by atomic mass is 10.2. The van der Waals surface area contributed by atoms with Gasteiger partial charge in [0.2, 0.25) is 0 Å². The summed E-state index contributed by atoms with van der Waals surface area (Å²) in [7, 11) is 3.94. The normalized spacial score (nSPS) is 10.7. The van der Waals surface area contributed by atoms with Crippen molar-refractivity contribution in [1.82, 2.24) is 15.0 Å². The maximum Gasteiger partial charge on any atom is 0.152 e. The van der Waals surface area contributed by atoms with Crippen LogP contribution in [0.15, 0.2) is 18.3 Å². The van der Waals surface area contributed by atoms with E-state index in [4.69, 9.17) is 11.6 Å². The van der Waals surface area contributed by atoms with Gasteiger partial charge in [-0.3, -0.25) is 0 Å². The van der Waals surface area contributed by atoms with Gasteiger partial charge in [0.05, 0.1) is 24.1 Å². The topological polar surface area (TPSA) is 56.8 Å². The molecule has 0 unspecified atom stereocenters. The van der Waals surface area contributed by atoms with Crippen molar-refractivity contribution in [3.05, 3.63) is 35.0 Å². The molecule has 0 saturated heterocycles. The molecule has 2 aromatic rings. The number of unbranched alkanes of at least 4 members (excludes halogenated alkanes) is 1. The summed E-state index contributed by atoms with van der Waals surface area (Å²) in [6, 6.07) is 3.98. The van der Waals surface area contributed by atoms with Crippen LogP contribution < -0.4 is 10.2 Å². The predicted molar refractivity (Wildman–Crippen MR) is 88.1 cm³/mol. The van der Waals surface area contributed by atoms with E-state index in [2.05, 4.69) is 27.2 Å². The van der Waals surface area contributed by atoms with Crippen molar-refractivity contribution < 1.29 is 0 Å². The molecular formula is C15H22ClN5. The molecule has 0 amide bonds. The molecule has 0 aliphatic carbocycles. The minimum absolute atomic E-state index is 0.548. The van der Waals surface area contributed by atoms with Gasteiger partial charge in [-0.1, -0.05) is 24.9 Å². The zero-order chi connectivity index (χ0) is 15.2. The number of pyridine rings is 1. The molecule has 0 aromatic carbocycles. The van der Waals surface area contributed by atoms with Crippen molar-refractivity contribution in [2.24, 2.45) is 0 Å². The lowest BCUT2D eigenvalue weighted by Crippen LogP contribution is -2.10.